The van der Waals surface area contributed by atoms with E-state index in [0.29, 0.717) is 11.5 Å². The first-order valence-corrected chi connectivity index (χ1v) is 10.1. The second kappa shape index (κ2) is 7.39. The van der Waals surface area contributed by atoms with Gasteiger partial charge in [0.2, 0.25) is 0 Å². The van der Waals surface area contributed by atoms with Gasteiger partial charge in [0.25, 0.3) is 0 Å². The van der Waals surface area contributed by atoms with Crippen molar-refractivity contribution in [2.45, 2.75) is 45.6 Å². The zero-order chi connectivity index (χ0) is 20.6. The predicted octanol–water partition coefficient (Wildman–Crippen LogP) is 5.31. The Labute approximate surface area is 171 Å². The second-order valence-electron chi connectivity index (χ2n) is 8.33. The molecule has 1 aliphatic heterocycles. The zero-order valence-corrected chi connectivity index (χ0v) is 17.4. The van der Waals surface area contributed by atoms with Crippen LogP contribution in [0.4, 0.5) is 5.69 Å². The minimum Gasteiger partial charge on any atom is -0.451 e. The molecule has 2 heterocycles. The Hall–Kier alpha value is -3.08. The van der Waals surface area contributed by atoms with E-state index in [4.69, 9.17) is 4.42 Å². The number of para-hydroxylation sites is 1. The molecule has 2 aromatic carbocycles. The molecule has 1 aromatic heterocycles. The Kier molecular flexibility index (Phi) is 4.91. The molecule has 1 unspecified atom stereocenters. The normalized spacial score (nSPS) is 18.2. The van der Waals surface area contributed by atoms with Crippen LogP contribution in [0.3, 0.4) is 0 Å². The quantitative estimate of drug-likeness (QED) is 0.486. The summed E-state index contributed by atoms with van der Waals surface area (Å²) in [5.74, 6) is 0.368. The van der Waals surface area contributed by atoms with Crippen molar-refractivity contribution in [2.75, 3.05) is 11.4 Å². The highest BCUT2D eigenvalue weighted by molar-refractivity contribution is 5.96. The summed E-state index contributed by atoms with van der Waals surface area (Å²) in [5, 5.41) is 5.03. The molecule has 0 fully saturated rings. The van der Waals surface area contributed by atoms with Crippen molar-refractivity contribution in [3.8, 4) is 0 Å². The Morgan fingerprint density at radius 2 is 2.07 bits per heavy atom. The number of furan rings is 1. The maximum Gasteiger partial charge on any atom is 0.307 e. The molecule has 3 aromatic rings. The van der Waals surface area contributed by atoms with E-state index in [1.54, 1.807) is 12.3 Å². The lowest BCUT2D eigenvalue weighted by Crippen LogP contribution is -2.48. The van der Waals surface area contributed by atoms with E-state index in [2.05, 4.69) is 55.3 Å². The minimum atomic E-state index is -0.359. The standard InChI is InChI=1S/C24H27N3O2/c1-5-27-20-11-10-17(12-19(20)16(2)14-24(27,3)4)15-25-26-23(28)22-13-18-8-6-7-9-21(18)29-22/h6-13,15-16H,5,14H2,1-4H3,(H,26,28)/b25-15-. The summed E-state index contributed by atoms with van der Waals surface area (Å²) >= 11 is 0. The fourth-order valence-electron chi connectivity index (χ4n) is 4.50. The Balaban J connectivity index is 1.50. The summed E-state index contributed by atoms with van der Waals surface area (Å²) in [7, 11) is 0. The van der Waals surface area contributed by atoms with E-state index in [1.807, 2.05) is 30.3 Å². The van der Waals surface area contributed by atoms with Gasteiger partial charge in [0.05, 0.1) is 6.21 Å². The Morgan fingerprint density at radius 1 is 1.28 bits per heavy atom. The van der Waals surface area contributed by atoms with Crippen LogP contribution >= 0.6 is 0 Å². The third-order valence-electron chi connectivity index (χ3n) is 5.75. The molecule has 0 saturated carbocycles. The van der Waals surface area contributed by atoms with Crippen LogP contribution in [0, 0.1) is 0 Å². The van der Waals surface area contributed by atoms with Gasteiger partial charge in [-0.15, -0.1) is 0 Å². The largest absolute Gasteiger partial charge is 0.451 e. The number of hydrazone groups is 1. The first-order valence-electron chi connectivity index (χ1n) is 10.1. The third-order valence-corrected chi connectivity index (χ3v) is 5.75. The minimum absolute atomic E-state index is 0.150. The lowest BCUT2D eigenvalue weighted by Gasteiger charge is -2.47. The van der Waals surface area contributed by atoms with Gasteiger partial charge >= 0.3 is 5.91 Å². The molecule has 1 aliphatic rings. The van der Waals surface area contributed by atoms with Crippen LogP contribution in [-0.4, -0.2) is 24.2 Å². The van der Waals surface area contributed by atoms with Gasteiger partial charge in [-0.05, 0) is 68.5 Å². The van der Waals surface area contributed by atoms with Gasteiger partial charge in [0, 0.05) is 23.2 Å². The van der Waals surface area contributed by atoms with Crippen molar-refractivity contribution in [3.05, 3.63) is 65.4 Å². The van der Waals surface area contributed by atoms with E-state index in [-0.39, 0.29) is 17.2 Å². The lowest BCUT2D eigenvalue weighted by molar-refractivity contribution is 0.0929. The number of benzene rings is 2. The van der Waals surface area contributed by atoms with Crippen molar-refractivity contribution < 1.29 is 9.21 Å². The molecule has 1 N–H and O–H groups in total. The molecule has 0 spiro atoms. The van der Waals surface area contributed by atoms with Crippen LogP contribution in [0.1, 0.15) is 61.7 Å². The maximum absolute atomic E-state index is 12.3. The summed E-state index contributed by atoms with van der Waals surface area (Å²) in [6.07, 6.45) is 2.79. The number of amides is 1. The molecule has 0 saturated heterocycles. The summed E-state index contributed by atoms with van der Waals surface area (Å²) < 4.78 is 5.57. The molecule has 150 valence electrons. The van der Waals surface area contributed by atoms with Crippen LogP contribution in [0.5, 0.6) is 0 Å². The molecule has 0 radical (unpaired) electrons. The number of rotatable bonds is 4. The molecule has 5 heteroatoms. The lowest BCUT2D eigenvalue weighted by atomic mass is 9.79. The monoisotopic (exact) mass is 389 g/mol. The summed E-state index contributed by atoms with van der Waals surface area (Å²) in [6, 6.07) is 15.7. The van der Waals surface area contributed by atoms with E-state index in [9.17, 15) is 4.79 Å². The first-order chi connectivity index (χ1) is 13.9. The van der Waals surface area contributed by atoms with Crippen molar-refractivity contribution in [1.82, 2.24) is 5.43 Å². The van der Waals surface area contributed by atoms with Crippen LogP contribution < -0.4 is 10.3 Å². The average Bonchev–Trinajstić information content (AvgIpc) is 3.12. The number of nitrogens with zero attached hydrogens (tertiary/aromatic N) is 2. The smallest absolute Gasteiger partial charge is 0.307 e. The Bertz CT molecular complexity index is 1050. The summed E-state index contributed by atoms with van der Waals surface area (Å²) in [4.78, 5) is 14.8. The van der Waals surface area contributed by atoms with Crippen molar-refractivity contribution in [3.63, 3.8) is 0 Å². The van der Waals surface area contributed by atoms with Crippen LogP contribution in [0.25, 0.3) is 11.0 Å². The number of hydrogen-bond acceptors (Lipinski definition) is 4. The maximum atomic E-state index is 12.3. The van der Waals surface area contributed by atoms with Crippen molar-refractivity contribution >= 4 is 28.8 Å². The Morgan fingerprint density at radius 3 is 2.83 bits per heavy atom. The highest BCUT2D eigenvalue weighted by atomic mass is 16.3. The van der Waals surface area contributed by atoms with E-state index >= 15 is 0 Å². The molecular weight excluding hydrogens is 362 g/mol. The van der Waals surface area contributed by atoms with Gasteiger partial charge in [0.1, 0.15) is 5.58 Å². The van der Waals surface area contributed by atoms with Gasteiger partial charge in [-0.25, -0.2) is 5.43 Å². The highest BCUT2D eigenvalue weighted by Gasteiger charge is 2.35. The highest BCUT2D eigenvalue weighted by Crippen LogP contribution is 2.43. The molecular formula is C24H27N3O2. The molecule has 29 heavy (non-hydrogen) atoms. The van der Waals surface area contributed by atoms with Gasteiger partial charge in [-0.2, -0.15) is 5.10 Å². The number of anilines is 1. The van der Waals surface area contributed by atoms with Gasteiger partial charge in [0.15, 0.2) is 5.76 Å². The number of fused-ring (bicyclic) bond motifs is 2. The zero-order valence-electron chi connectivity index (χ0n) is 17.4. The summed E-state index contributed by atoms with van der Waals surface area (Å²) in [5.41, 5.74) is 6.99. The first kappa shape index (κ1) is 19.2. The second-order valence-corrected chi connectivity index (χ2v) is 8.33. The number of carbonyl (C=O) groups excluding carboxylic acids is 1. The fourth-order valence-corrected chi connectivity index (χ4v) is 4.50. The summed E-state index contributed by atoms with van der Waals surface area (Å²) in [6.45, 7) is 10.1. The van der Waals surface area contributed by atoms with E-state index in [1.165, 1.54) is 11.3 Å². The van der Waals surface area contributed by atoms with E-state index in [0.717, 1.165) is 23.9 Å². The molecule has 1 atom stereocenters. The molecule has 0 bridgehead atoms. The SMILES string of the molecule is CCN1c2ccc(/C=N\NC(=O)c3cc4ccccc4o3)cc2C(C)CC1(C)C. The van der Waals surface area contributed by atoms with Crippen LogP contribution in [-0.2, 0) is 0 Å². The molecule has 4 rings (SSSR count). The van der Waals surface area contributed by atoms with E-state index < -0.39 is 0 Å². The fraction of sp³-hybridized carbons (Fsp3) is 0.333. The number of nitrogens with one attached hydrogen (secondary N) is 1. The molecule has 5 nitrogen and oxygen atoms in total. The number of hydrogen-bond donors (Lipinski definition) is 1. The van der Waals surface area contributed by atoms with Gasteiger partial charge in [-0.1, -0.05) is 31.2 Å². The van der Waals surface area contributed by atoms with Crippen molar-refractivity contribution in [1.29, 1.82) is 0 Å². The van der Waals surface area contributed by atoms with Crippen molar-refractivity contribution in [2.24, 2.45) is 5.10 Å². The predicted molar refractivity (Wildman–Crippen MR) is 118 cm³/mol. The number of carbonyl (C=O) groups is 1. The third kappa shape index (κ3) is 3.65. The van der Waals surface area contributed by atoms with Crippen LogP contribution in [0.15, 0.2) is 58.0 Å². The molecule has 1 amide bonds. The van der Waals surface area contributed by atoms with Gasteiger partial charge < -0.3 is 9.32 Å². The van der Waals surface area contributed by atoms with Crippen LogP contribution in [0.2, 0.25) is 0 Å². The molecule has 0 aliphatic carbocycles. The average molecular weight is 389 g/mol. The topological polar surface area (TPSA) is 57.8 Å². The van der Waals surface area contributed by atoms with Gasteiger partial charge in [-0.3, -0.25) is 4.79 Å².